The summed E-state index contributed by atoms with van der Waals surface area (Å²) in [6.45, 7) is 0.970. The number of rotatable bonds is 1. The van der Waals surface area contributed by atoms with Gasteiger partial charge in [-0.1, -0.05) is 0 Å². The first-order valence-electron chi connectivity index (χ1n) is 2.76. The van der Waals surface area contributed by atoms with Crippen LogP contribution in [-0.2, 0) is 10.1 Å². The summed E-state index contributed by atoms with van der Waals surface area (Å²) in [5, 5.41) is 2.12. The maximum atomic E-state index is 10.2. The van der Waals surface area contributed by atoms with E-state index in [0.29, 0.717) is 19.5 Å². The molecule has 0 bridgehead atoms. The quantitative estimate of drug-likeness (QED) is 0.323. The van der Waals surface area contributed by atoms with Crippen LogP contribution in [0.4, 0.5) is 0 Å². The summed E-state index contributed by atoms with van der Waals surface area (Å²) < 4.78 is 30.7. The summed E-state index contributed by atoms with van der Waals surface area (Å²) in [5.74, 6) is 0. The minimum atomic E-state index is -4.02. The summed E-state index contributed by atoms with van der Waals surface area (Å²) in [4.78, 5) is 0. The van der Waals surface area contributed by atoms with Crippen molar-refractivity contribution in [2.24, 2.45) is 0 Å². The topological polar surface area (TPSA) is 69.2 Å². The molecule has 1 aliphatic heterocycles. The van der Waals surface area contributed by atoms with E-state index in [0.717, 1.165) is 0 Å². The molecule has 0 aromatic rings. The Kier molecular flexibility index (Phi) is 4.39. The molecule has 54 valence electrons. The Bertz CT molecular complexity index is 185. The van der Waals surface area contributed by atoms with E-state index in [-0.39, 0.29) is 29.6 Å². The van der Waals surface area contributed by atoms with E-state index in [1.165, 1.54) is 0 Å². The summed E-state index contributed by atoms with van der Waals surface area (Å²) in [7, 11) is -4.02. The van der Waals surface area contributed by atoms with E-state index < -0.39 is 15.4 Å². The average Bonchev–Trinajstić information content (AvgIpc) is 2.08. The van der Waals surface area contributed by atoms with E-state index >= 15 is 0 Å². The molecule has 1 aliphatic rings. The van der Waals surface area contributed by atoms with Gasteiger partial charge in [0, 0.05) is 6.54 Å². The summed E-state index contributed by atoms with van der Waals surface area (Å²) in [6, 6.07) is 0. The third kappa shape index (κ3) is 2.86. The Labute approximate surface area is 82.4 Å². The molecule has 0 spiro atoms. The van der Waals surface area contributed by atoms with Crippen LogP contribution in [0.3, 0.4) is 0 Å². The van der Waals surface area contributed by atoms with Crippen molar-refractivity contribution in [2.75, 3.05) is 13.1 Å². The molecule has 4 nitrogen and oxygen atoms in total. The van der Waals surface area contributed by atoms with Crippen LogP contribution in [-0.4, -0.2) is 31.3 Å². The van der Waals surface area contributed by atoms with Crippen molar-refractivity contribution in [3.63, 3.8) is 0 Å². The third-order valence-corrected chi connectivity index (χ3v) is 2.64. The van der Waals surface area contributed by atoms with Crippen LogP contribution in [0.15, 0.2) is 0 Å². The van der Waals surface area contributed by atoms with Crippen LogP contribution in [0, 0.1) is 0 Å². The predicted octanol–water partition coefficient (Wildman–Crippen LogP) is -4.10. The normalized spacial score (nSPS) is 25.9. The molecule has 0 radical (unpaired) electrons. The van der Waals surface area contributed by atoms with Crippen LogP contribution in [0.25, 0.3) is 0 Å². The number of nitrogens with one attached hydrogen (secondary N) is 1. The molecular formula is C4H8NNaO3S. The molecule has 0 aromatic heterocycles. The van der Waals surface area contributed by atoms with Gasteiger partial charge in [0.1, 0.15) is 0 Å². The Balaban J connectivity index is 0.000000810. The summed E-state index contributed by atoms with van der Waals surface area (Å²) in [5.41, 5.74) is 0. The zero-order chi connectivity index (χ0) is 6.91. The molecule has 0 aliphatic carbocycles. The van der Waals surface area contributed by atoms with Crippen molar-refractivity contribution >= 4 is 10.1 Å². The van der Waals surface area contributed by atoms with E-state index in [1.807, 2.05) is 0 Å². The van der Waals surface area contributed by atoms with Crippen molar-refractivity contribution in [1.29, 1.82) is 0 Å². The molecule has 6 heteroatoms. The maximum Gasteiger partial charge on any atom is 1.00 e. The first-order chi connectivity index (χ1) is 4.11. The van der Waals surface area contributed by atoms with Gasteiger partial charge in [0.15, 0.2) is 0 Å². The monoisotopic (exact) mass is 173 g/mol. The second kappa shape index (κ2) is 4.04. The standard InChI is InChI=1S/C4H9NO3S.Na/c6-9(7,8)4-1-2-5-3-4;/h4-5H,1-3H2,(H,6,7,8);/q;+1/p-1. The molecule has 1 unspecified atom stereocenters. The van der Waals surface area contributed by atoms with Crippen molar-refractivity contribution in [3.05, 3.63) is 0 Å². The Hall–Kier alpha value is 0.870. The minimum absolute atomic E-state index is 0. The van der Waals surface area contributed by atoms with E-state index in [4.69, 9.17) is 0 Å². The van der Waals surface area contributed by atoms with Crippen LogP contribution < -0.4 is 34.9 Å². The van der Waals surface area contributed by atoms with Gasteiger partial charge in [0.25, 0.3) is 0 Å². The van der Waals surface area contributed by atoms with Gasteiger partial charge in [-0.3, -0.25) is 0 Å². The fraction of sp³-hybridized carbons (Fsp3) is 1.00. The van der Waals surface area contributed by atoms with Gasteiger partial charge >= 0.3 is 29.6 Å². The first-order valence-corrected chi connectivity index (χ1v) is 4.23. The largest absolute Gasteiger partial charge is 1.00 e. The Morgan fingerprint density at radius 1 is 1.50 bits per heavy atom. The maximum absolute atomic E-state index is 10.2. The second-order valence-electron chi connectivity index (χ2n) is 2.11. The minimum Gasteiger partial charge on any atom is -0.748 e. The fourth-order valence-corrected chi connectivity index (χ4v) is 1.60. The van der Waals surface area contributed by atoms with Crippen LogP contribution >= 0.6 is 0 Å². The van der Waals surface area contributed by atoms with Gasteiger partial charge in [0.2, 0.25) is 0 Å². The van der Waals surface area contributed by atoms with Crippen molar-refractivity contribution in [3.8, 4) is 0 Å². The second-order valence-corrected chi connectivity index (χ2v) is 3.76. The smallest absolute Gasteiger partial charge is 0.748 e. The van der Waals surface area contributed by atoms with Crippen molar-refractivity contribution < 1.29 is 42.5 Å². The molecule has 10 heavy (non-hydrogen) atoms. The van der Waals surface area contributed by atoms with E-state index in [1.54, 1.807) is 0 Å². The first kappa shape index (κ1) is 10.9. The van der Waals surface area contributed by atoms with Gasteiger partial charge in [-0.2, -0.15) is 0 Å². The molecule has 0 saturated carbocycles. The number of hydrogen-bond donors (Lipinski definition) is 1. The van der Waals surface area contributed by atoms with Crippen molar-refractivity contribution in [1.82, 2.24) is 5.32 Å². The molecule has 1 saturated heterocycles. The molecule has 1 rings (SSSR count). The molecule has 0 amide bonds. The van der Waals surface area contributed by atoms with Gasteiger partial charge in [-0.25, -0.2) is 8.42 Å². The van der Waals surface area contributed by atoms with Crippen molar-refractivity contribution in [2.45, 2.75) is 11.7 Å². The van der Waals surface area contributed by atoms with Gasteiger partial charge in [-0.15, -0.1) is 0 Å². The van der Waals surface area contributed by atoms with Crippen LogP contribution in [0.2, 0.25) is 0 Å². The fourth-order valence-electron chi connectivity index (χ4n) is 0.875. The van der Waals surface area contributed by atoms with Gasteiger partial charge in [0.05, 0.1) is 15.4 Å². The number of hydrogen-bond acceptors (Lipinski definition) is 4. The molecule has 1 N–H and O–H groups in total. The van der Waals surface area contributed by atoms with Crippen LogP contribution in [0.1, 0.15) is 6.42 Å². The van der Waals surface area contributed by atoms with E-state index in [9.17, 15) is 13.0 Å². The molecular weight excluding hydrogens is 165 g/mol. The Morgan fingerprint density at radius 2 is 2.10 bits per heavy atom. The van der Waals surface area contributed by atoms with Gasteiger partial charge in [-0.05, 0) is 13.0 Å². The Morgan fingerprint density at radius 3 is 2.30 bits per heavy atom. The molecule has 1 fully saturated rings. The summed E-state index contributed by atoms with van der Waals surface area (Å²) in [6.07, 6.45) is 0.464. The zero-order valence-electron chi connectivity index (χ0n) is 5.83. The summed E-state index contributed by atoms with van der Waals surface area (Å²) >= 11 is 0. The molecule has 1 atom stereocenters. The van der Waals surface area contributed by atoms with Crippen LogP contribution in [0.5, 0.6) is 0 Å². The molecule has 0 aromatic carbocycles. The average molecular weight is 173 g/mol. The predicted molar refractivity (Wildman–Crippen MR) is 31.0 cm³/mol. The molecule has 1 heterocycles. The SMILES string of the molecule is O=S(=O)([O-])C1CCNC1.[Na+]. The van der Waals surface area contributed by atoms with E-state index in [2.05, 4.69) is 5.32 Å². The van der Waals surface area contributed by atoms with Gasteiger partial charge < -0.3 is 9.87 Å². The zero-order valence-corrected chi connectivity index (χ0v) is 8.65. The third-order valence-electron chi connectivity index (χ3n) is 1.42.